The molecule has 6 rings (SSSR count). The number of nitrogen functional groups attached to an aromatic ring is 1. The van der Waals surface area contributed by atoms with Gasteiger partial charge in [-0.15, -0.1) is 0 Å². The number of carbonyl (C=O) groups is 2. The number of carbonyl (C=O) groups excluding carboxylic acids is 2. The molecule has 5 N–H and O–H groups in total. The van der Waals surface area contributed by atoms with E-state index in [4.69, 9.17) is 10.7 Å². The van der Waals surface area contributed by atoms with Gasteiger partial charge in [-0.05, 0) is 43.4 Å². The molecule has 3 aromatic heterocycles. The van der Waals surface area contributed by atoms with Gasteiger partial charge in [-0.25, -0.2) is 14.8 Å². The largest absolute Gasteiger partial charge is 0.384 e. The number of piperidine rings is 1. The van der Waals surface area contributed by atoms with Crippen molar-refractivity contribution in [2.75, 3.05) is 18.1 Å². The van der Waals surface area contributed by atoms with Crippen molar-refractivity contribution in [1.29, 1.82) is 0 Å². The van der Waals surface area contributed by atoms with Crippen molar-refractivity contribution in [1.82, 2.24) is 40.0 Å². The van der Waals surface area contributed by atoms with Crippen molar-refractivity contribution in [3.8, 4) is 11.1 Å². The minimum absolute atomic E-state index is 0.0891. The average Bonchev–Trinajstić information content (AvgIpc) is 3.63. The minimum atomic E-state index is -0.277. The van der Waals surface area contributed by atoms with E-state index < -0.39 is 0 Å². The standard InChI is InChI=1S/C24H26N10O2/c1-26-24(36)30-15-4-2-13(3-5-15)18-11-29-34-20(25)10-19(31-22(18)34)14-8-16-6-7-17(9-14)33(16)23(35)21-27-12-28-32-21/h2-5,10-12,14,16-17H,6-9,25H2,1H3,(H2,26,30,36)(H,27,28,32)/t14?,16-,17+. The van der Waals surface area contributed by atoms with E-state index in [1.807, 2.05) is 35.2 Å². The predicted molar refractivity (Wildman–Crippen MR) is 132 cm³/mol. The first kappa shape index (κ1) is 22.0. The third-order valence-electron chi connectivity index (χ3n) is 7.20. The van der Waals surface area contributed by atoms with Gasteiger partial charge in [0.1, 0.15) is 12.1 Å². The summed E-state index contributed by atoms with van der Waals surface area (Å²) >= 11 is 0. The molecule has 2 aliphatic heterocycles. The third-order valence-corrected chi connectivity index (χ3v) is 7.20. The predicted octanol–water partition coefficient (Wildman–Crippen LogP) is 2.40. The van der Waals surface area contributed by atoms with Crippen LogP contribution in [0.2, 0.25) is 0 Å². The van der Waals surface area contributed by atoms with Crippen LogP contribution < -0.4 is 16.4 Å². The summed E-state index contributed by atoms with van der Waals surface area (Å²) in [7, 11) is 1.57. The normalized spacial score (nSPS) is 21.0. The first-order chi connectivity index (χ1) is 17.5. The number of H-pyrrole nitrogens is 1. The molecule has 1 unspecified atom stereocenters. The summed E-state index contributed by atoms with van der Waals surface area (Å²) in [6.45, 7) is 0. The van der Waals surface area contributed by atoms with Gasteiger partial charge in [-0.1, -0.05) is 12.1 Å². The van der Waals surface area contributed by atoms with Crippen LogP contribution in [0.25, 0.3) is 16.8 Å². The molecule has 184 valence electrons. The fourth-order valence-electron chi connectivity index (χ4n) is 5.53. The Morgan fingerprint density at radius 2 is 1.89 bits per heavy atom. The van der Waals surface area contributed by atoms with Gasteiger partial charge in [0, 0.05) is 48.1 Å². The first-order valence-corrected chi connectivity index (χ1v) is 11.9. The summed E-state index contributed by atoms with van der Waals surface area (Å²) in [6.07, 6.45) is 6.69. The number of urea groups is 1. The molecule has 12 nitrogen and oxygen atoms in total. The topological polar surface area (TPSA) is 159 Å². The number of rotatable bonds is 4. The Morgan fingerprint density at radius 1 is 1.14 bits per heavy atom. The lowest BCUT2D eigenvalue weighted by Crippen LogP contribution is -2.46. The summed E-state index contributed by atoms with van der Waals surface area (Å²) in [4.78, 5) is 35.6. The Hall–Kier alpha value is -4.48. The molecule has 5 heterocycles. The number of fused-ring (bicyclic) bond motifs is 3. The molecular weight excluding hydrogens is 460 g/mol. The molecule has 0 aliphatic carbocycles. The molecule has 0 radical (unpaired) electrons. The summed E-state index contributed by atoms with van der Waals surface area (Å²) in [5.41, 5.74) is 10.5. The summed E-state index contributed by atoms with van der Waals surface area (Å²) in [5.74, 6) is 0.908. The molecule has 0 spiro atoms. The third kappa shape index (κ3) is 3.70. The smallest absolute Gasteiger partial charge is 0.318 e. The molecule has 2 bridgehead atoms. The zero-order valence-electron chi connectivity index (χ0n) is 19.7. The second-order valence-electron chi connectivity index (χ2n) is 9.28. The molecule has 2 fully saturated rings. The molecule has 2 saturated heterocycles. The second kappa shape index (κ2) is 8.63. The Labute approximate surface area is 206 Å². The van der Waals surface area contributed by atoms with E-state index in [1.54, 1.807) is 17.8 Å². The van der Waals surface area contributed by atoms with E-state index in [9.17, 15) is 9.59 Å². The van der Waals surface area contributed by atoms with Crippen LogP contribution in [0, 0.1) is 0 Å². The van der Waals surface area contributed by atoms with Crippen LogP contribution in [-0.4, -0.2) is 65.7 Å². The number of nitrogens with zero attached hydrogens (tertiary/aromatic N) is 6. The average molecular weight is 487 g/mol. The Morgan fingerprint density at radius 3 is 2.56 bits per heavy atom. The summed E-state index contributed by atoms with van der Waals surface area (Å²) in [6, 6.07) is 9.39. The van der Waals surface area contributed by atoms with E-state index in [2.05, 4.69) is 30.9 Å². The van der Waals surface area contributed by atoms with Crippen molar-refractivity contribution in [3.63, 3.8) is 0 Å². The van der Waals surface area contributed by atoms with Crippen molar-refractivity contribution >= 4 is 29.1 Å². The maximum Gasteiger partial charge on any atom is 0.318 e. The first-order valence-electron chi connectivity index (χ1n) is 11.9. The zero-order chi connectivity index (χ0) is 24.8. The van der Waals surface area contributed by atoms with Crippen molar-refractivity contribution in [2.24, 2.45) is 0 Å². The van der Waals surface area contributed by atoms with E-state index in [0.29, 0.717) is 17.2 Å². The highest BCUT2D eigenvalue weighted by molar-refractivity contribution is 5.91. The van der Waals surface area contributed by atoms with Gasteiger partial charge in [-0.2, -0.15) is 14.7 Å². The molecular formula is C24H26N10O2. The number of hydrogen-bond donors (Lipinski definition) is 4. The molecule has 4 aromatic rings. The molecule has 1 aromatic carbocycles. The summed E-state index contributed by atoms with van der Waals surface area (Å²) in [5, 5.41) is 16.3. The van der Waals surface area contributed by atoms with Crippen LogP contribution in [0.15, 0.2) is 42.9 Å². The zero-order valence-corrected chi connectivity index (χ0v) is 19.7. The van der Waals surface area contributed by atoms with Gasteiger partial charge < -0.3 is 21.3 Å². The number of nitrogens with two attached hydrogens (primary N) is 1. The summed E-state index contributed by atoms with van der Waals surface area (Å²) < 4.78 is 1.65. The van der Waals surface area contributed by atoms with Gasteiger partial charge in [0.15, 0.2) is 5.65 Å². The fraction of sp³-hybridized carbons (Fsp3) is 0.333. The van der Waals surface area contributed by atoms with Gasteiger partial charge in [-0.3, -0.25) is 9.89 Å². The van der Waals surface area contributed by atoms with Crippen LogP contribution in [0.4, 0.5) is 16.3 Å². The van der Waals surface area contributed by atoms with E-state index in [-0.39, 0.29) is 35.8 Å². The Balaban J connectivity index is 1.28. The van der Waals surface area contributed by atoms with Crippen LogP contribution in [-0.2, 0) is 0 Å². The van der Waals surface area contributed by atoms with Crippen molar-refractivity contribution < 1.29 is 9.59 Å². The number of aromatic nitrogens is 6. The number of anilines is 2. The van der Waals surface area contributed by atoms with Crippen LogP contribution in [0.1, 0.15) is 47.9 Å². The van der Waals surface area contributed by atoms with Crippen LogP contribution >= 0.6 is 0 Å². The van der Waals surface area contributed by atoms with Gasteiger partial charge in [0.25, 0.3) is 5.91 Å². The number of amides is 3. The SMILES string of the molecule is CNC(=O)Nc1ccc(-c2cnn3c(N)cc(C4C[C@H]5CC[C@@H](C4)N5C(=O)c4ncn[nH]4)nc23)cc1. The molecule has 12 heteroatoms. The van der Waals surface area contributed by atoms with E-state index >= 15 is 0 Å². The molecule has 3 atom stereocenters. The van der Waals surface area contributed by atoms with Gasteiger partial charge in [0.05, 0.1) is 6.20 Å². The lowest BCUT2D eigenvalue weighted by atomic mass is 9.87. The van der Waals surface area contributed by atoms with E-state index in [1.165, 1.54) is 6.33 Å². The second-order valence-corrected chi connectivity index (χ2v) is 9.28. The highest BCUT2D eigenvalue weighted by Crippen LogP contribution is 2.43. The molecule has 36 heavy (non-hydrogen) atoms. The molecule has 2 aliphatic rings. The Kier molecular flexibility index (Phi) is 5.28. The quantitative estimate of drug-likeness (QED) is 0.345. The number of aromatic amines is 1. The van der Waals surface area contributed by atoms with Crippen LogP contribution in [0.5, 0.6) is 0 Å². The number of nitrogens with one attached hydrogen (secondary N) is 3. The fourth-order valence-corrected chi connectivity index (χ4v) is 5.53. The van der Waals surface area contributed by atoms with Gasteiger partial charge in [0.2, 0.25) is 5.82 Å². The highest BCUT2D eigenvalue weighted by atomic mass is 16.2. The van der Waals surface area contributed by atoms with Crippen molar-refractivity contribution in [2.45, 2.75) is 43.7 Å². The number of hydrogen-bond acceptors (Lipinski definition) is 7. The lowest BCUT2D eigenvalue weighted by Gasteiger charge is -2.38. The number of benzene rings is 1. The monoisotopic (exact) mass is 486 g/mol. The Bertz CT molecular complexity index is 1420. The van der Waals surface area contributed by atoms with Gasteiger partial charge >= 0.3 is 6.03 Å². The minimum Gasteiger partial charge on any atom is -0.384 e. The van der Waals surface area contributed by atoms with Crippen molar-refractivity contribution in [3.05, 3.63) is 54.4 Å². The lowest BCUT2D eigenvalue weighted by molar-refractivity contribution is 0.0557. The highest BCUT2D eigenvalue weighted by Gasteiger charge is 2.45. The van der Waals surface area contributed by atoms with Crippen LogP contribution in [0.3, 0.4) is 0 Å². The van der Waals surface area contributed by atoms with E-state index in [0.717, 1.165) is 42.5 Å². The molecule has 0 saturated carbocycles. The maximum atomic E-state index is 13.0. The molecule has 3 amide bonds. The maximum absolute atomic E-state index is 13.0.